The first-order chi connectivity index (χ1) is 20.4. The molecule has 8 bridgehead atoms. The summed E-state index contributed by atoms with van der Waals surface area (Å²) in [6.07, 6.45) is 1.69. The number of fused-ring (bicyclic) bond motifs is 8. The van der Waals surface area contributed by atoms with E-state index in [0.717, 1.165) is 50.9 Å². The van der Waals surface area contributed by atoms with E-state index in [1.165, 1.54) is 0 Å². The predicted molar refractivity (Wildman–Crippen MR) is 165 cm³/mol. The first-order valence-electron chi connectivity index (χ1n) is 14.7. The van der Waals surface area contributed by atoms with Gasteiger partial charge in [0.1, 0.15) is 5.69 Å². The monoisotopic (exact) mass is 636 g/mol. The van der Waals surface area contributed by atoms with Crippen LogP contribution < -0.4 is 9.97 Å². The van der Waals surface area contributed by atoms with Gasteiger partial charge in [0.05, 0.1) is 22.5 Å². The van der Waals surface area contributed by atoms with Crippen LogP contribution in [0.3, 0.4) is 0 Å². The van der Waals surface area contributed by atoms with E-state index in [4.69, 9.17) is 19.9 Å². The van der Waals surface area contributed by atoms with Crippen molar-refractivity contribution in [2.75, 3.05) is 0 Å². The number of hydrogen-bond donors (Lipinski definition) is 2. The fraction of sp³-hybridized carbons (Fsp3) is 0.382. The average molecular weight is 637 g/mol. The summed E-state index contributed by atoms with van der Waals surface area (Å²) < 4.78 is 0. The van der Waals surface area contributed by atoms with E-state index in [-0.39, 0.29) is 48.5 Å². The largest absolute Gasteiger partial charge is 0.657 e. The van der Waals surface area contributed by atoms with Crippen LogP contribution in [0.5, 0.6) is 0 Å². The second-order valence-corrected chi connectivity index (χ2v) is 11.6. The van der Waals surface area contributed by atoms with Gasteiger partial charge in [-0.05, 0) is 70.6 Å². The van der Waals surface area contributed by atoms with Gasteiger partial charge < -0.3 is 20.2 Å². The molecule has 0 radical (unpaired) electrons. The molecular formula is C34H36FeN4O5-2. The van der Waals surface area contributed by atoms with Gasteiger partial charge in [-0.2, -0.15) is 0 Å². The van der Waals surface area contributed by atoms with Crippen molar-refractivity contribution in [3.05, 3.63) is 69.3 Å². The topological polar surface area (TPSA) is 146 Å². The van der Waals surface area contributed by atoms with E-state index >= 15 is 0 Å². The van der Waals surface area contributed by atoms with Gasteiger partial charge in [0.25, 0.3) is 0 Å². The van der Waals surface area contributed by atoms with Crippen LogP contribution in [-0.4, -0.2) is 37.9 Å². The summed E-state index contributed by atoms with van der Waals surface area (Å²) in [6, 6.07) is 7.36. The number of hydrogen-bond acceptors (Lipinski definition) is 5. The van der Waals surface area contributed by atoms with E-state index in [0.29, 0.717) is 40.2 Å². The molecule has 0 saturated heterocycles. The molecule has 10 heteroatoms. The molecule has 0 fully saturated rings. The smallest absolute Gasteiger partial charge is 0.303 e. The Hall–Kier alpha value is -4.01. The maximum absolute atomic E-state index is 13.8. The zero-order valence-electron chi connectivity index (χ0n) is 25.8. The minimum atomic E-state index is -0.927. The van der Waals surface area contributed by atoms with E-state index in [2.05, 4.69) is 6.92 Å². The third-order valence-corrected chi connectivity index (χ3v) is 9.03. The number of carbonyl (C=O) groups is 3. The number of ketones is 1. The number of rotatable bonds is 8. The molecule has 5 rings (SSSR count). The van der Waals surface area contributed by atoms with Gasteiger partial charge in [0.15, 0.2) is 5.78 Å². The molecule has 5 heterocycles. The summed E-state index contributed by atoms with van der Waals surface area (Å²) in [5.41, 5.74) is 9.34. The number of carboxylic acids is 2. The summed E-state index contributed by atoms with van der Waals surface area (Å²) >= 11 is 0. The fourth-order valence-corrected chi connectivity index (χ4v) is 6.06. The van der Waals surface area contributed by atoms with Crippen LogP contribution in [0.4, 0.5) is 0 Å². The van der Waals surface area contributed by atoms with Crippen LogP contribution in [0.15, 0.2) is 24.3 Å². The third kappa shape index (κ3) is 5.76. The minimum absolute atomic E-state index is 0. The van der Waals surface area contributed by atoms with Crippen LogP contribution in [0, 0.1) is 13.8 Å². The molecule has 0 unspecified atom stereocenters. The van der Waals surface area contributed by atoms with Crippen LogP contribution in [0.25, 0.3) is 33.2 Å². The molecule has 0 amide bonds. The van der Waals surface area contributed by atoms with Gasteiger partial charge >= 0.3 is 11.9 Å². The van der Waals surface area contributed by atoms with E-state index in [9.17, 15) is 24.6 Å². The van der Waals surface area contributed by atoms with Gasteiger partial charge in [-0.25, -0.2) is 9.97 Å². The van der Waals surface area contributed by atoms with Crippen molar-refractivity contribution in [2.24, 2.45) is 0 Å². The second-order valence-electron chi connectivity index (χ2n) is 11.6. The summed E-state index contributed by atoms with van der Waals surface area (Å²) in [4.78, 5) is 56.4. The van der Waals surface area contributed by atoms with Crippen LogP contribution in [-0.2, 0) is 44.9 Å². The molecule has 0 saturated carbocycles. The normalized spacial score (nSPS) is 16.3. The Labute approximate surface area is 266 Å². The van der Waals surface area contributed by atoms with Crippen LogP contribution in [0.2, 0.25) is 0 Å². The third-order valence-electron chi connectivity index (χ3n) is 9.03. The number of Topliss-reactive ketones (excluding diaryl/α,β-unsaturated/α-hetero) is 1. The number of aryl methyl sites for hydroxylation is 4. The van der Waals surface area contributed by atoms with Crippen molar-refractivity contribution >= 4 is 50.9 Å². The van der Waals surface area contributed by atoms with E-state index in [1.807, 2.05) is 52.8 Å². The van der Waals surface area contributed by atoms with Crippen LogP contribution >= 0.6 is 0 Å². The maximum Gasteiger partial charge on any atom is 0.303 e. The molecule has 0 aliphatic carbocycles. The molecule has 3 aromatic rings. The minimum Gasteiger partial charge on any atom is -0.657 e. The molecule has 0 spiro atoms. The number of aromatic nitrogens is 4. The summed E-state index contributed by atoms with van der Waals surface area (Å²) in [5.74, 6) is -1.92. The first kappa shape index (κ1) is 32.9. The molecule has 2 aliphatic heterocycles. The summed E-state index contributed by atoms with van der Waals surface area (Å²) in [5, 5.41) is 18.9. The average Bonchev–Trinajstić information content (AvgIpc) is 3.59. The number of carbonyl (C=O) groups excluding carboxylic acids is 1. The first-order valence-corrected chi connectivity index (χ1v) is 14.7. The molecular weight excluding hydrogens is 600 g/mol. The molecule has 3 aromatic heterocycles. The molecule has 0 aromatic carbocycles. The summed E-state index contributed by atoms with van der Waals surface area (Å²) in [6.45, 7) is 11.8. The zero-order chi connectivity index (χ0) is 31.2. The van der Waals surface area contributed by atoms with Gasteiger partial charge in [-0.15, -0.1) is 22.1 Å². The quantitative estimate of drug-likeness (QED) is 0.280. The molecule has 232 valence electrons. The number of allylic oxidation sites excluding steroid dienone is 2. The predicted octanol–water partition coefficient (Wildman–Crippen LogP) is 6.11. The maximum atomic E-state index is 13.8. The van der Waals surface area contributed by atoms with Crippen molar-refractivity contribution in [3.8, 4) is 0 Å². The van der Waals surface area contributed by atoms with Crippen molar-refractivity contribution in [1.82, 2.24) is 19.9 Å². The number of aliphatic carboxylic acids is 2. The number of nitrogens with zero attached hydrogens (tertiary/aromatic N) is 4. The van der Waals surface area contributed by atoms with Gasteiger partial charge in [0.2, 0.25) is 0 Å². The molecule has 44 heavy (non-hydrogen) atoms. The Morgan fingerprint density at radius 3 is 1.91 bits per heavy atom. The van der Waals surface area contributed by atoms with Gasteiger partial charge in [-0.3, -0.25) is 14.4 Å². The van der Waals surface area contributed by atoms with Crippen molar-refractivity contribution in [3.63, 3.8) is 0 Å². The van der Waals surface area contributed by atoms with Crippen molar-refractivity contribution in [2.45, 2.75) is 85.5 Å². The Balaban J connectivity index is 0.00000442. The van der Waals surface area contributed by atoms with Crippen LogP contribution in [0.1, 0.15) is 103 Å². The Morgan fingerprint density at radius 2 is 1.32 bits per heavy atom. The second kappa shape index (κ2) is 12.5. The molecule has 1 atom stereocenters. The fourth-order valence-electron chi connectivity index (χ4n) is 6.06. The molecule has 2 aliphatic rings. The standard InChI is InChI=1S/C34H38N4O5.Fe/c1-7-20-17(3)23-13-24-18(4)21(9-11-31(39)40)26(35-24)15-27-22(10-12-32(41)42)19(5)25(36-27)14-29-33(43)34(6,8-2)30(38-29)16-28(20)37-23;/h13-16H,7-12H2,1-6H3,(H4,35,36,37,38,39,40,41,42,43);/p-2/t34-;/m0./s1. The Morgan fingerprint density at radius 1 is 0.773 bits per heavy atom. The molecule has 9 nitrogen and oxygen atoms in total. The van der Waals surface area contributed by atoms with Crippen molar-refractivity contribution in [1.29, 1.82) is 0 Å². The summed E-state index contributed by atoms with van der Waals surface area (Å²) in [7, 11) is 0. The van der Waals surface area contributed by atoms with E-state index < -0.39 is 17.4 Å². The Bertz CT molecular complexity index is 1880. The van der Waals surface area contributed by atoms with Gasteiger partial charge in [-0.1, -0.05) is 54.3 Å². The van der Waals surface area contributed by atoms with Gasteiger partial charge in [0, 0.05) is 29.9 Å². The van der Waals surface area contributed by atoms with Crippen molar-refractivity contribution < 1.29 is 41.7 Å². The van der Waals surface area contributed by atoms with E-state index in [1.54, 1.807) is 6.07 Å². The SMILES string of the molecule is CCc1c(C)c2cc3nc(cc4[n-]c(cc5nc(cc1[n-]2)[C@](C)(CC)C5=O)c(C)c4CCC(=O)O)C(CCC(=O)O)=C3C.[Fe]. The molecule has 2 N–H and O–H groups in total. The Kier molecular flexibility index (Phi) is 9.37. The zero-order valence-corrected chi connectivity index (χ0v) is 26.9. The number of carboxylic acid groups (broad SMARTS) is 2.